The van der Waals surface area contributed by atoms with E-state index in [0.717, 1.165) is 28.5 Å². The summed E-state index contributed by atoms with van der Waals surface area (Å²) < 4.78 is 44.9. The third kappa shape index (κ3) is 4.24. The van der Waals surface area contributed by atoms with Gasteiger partial charge in [0.25, 0.3) is 0 Å². The van der Waals surface area contributed by atoms with E-state index in [-0.39, 0.29) is 11.8 Å². The van der Waals surface area contributed by atoms with Crippen LogP contribution in [-0.2, 0) is 23.8 Å². The van der Waals surface area contributed by atoms with Crippen LogP contribution in [0.25, 0.3) is 5.57 Å². The second-order valence-electron chi connectivity index (χ2n) is 7.74. The third-order valence-electron chi connectivity index (χ3n) is 5.80. The van der Waals surface area contributed by atoms with Crippen LogP contribution in [0.5, 0.6) is 5.75 Å². The van der Waals surface area contributed by atoms with Crippen molar-refractivity contribution >= 4 is 11.7 Å². The summed E-state index contributed by atoms with van der Waals surface area (Å²) in [6, 6.07) is 6.24. The van der Waals surface area contributed by atoms with Crippen LogP contribution in [0.15, 0.2) is 36.0 Å². The Morgan fingerprint density at radius 1 is 1.13 bits per heavy atom. The molecule has 4 rings (SSSR count). The number of piperidine rings is 1. The van der Waals surface area contributed by atoms with E-state index in [1.165, 1.54) is 6.07 Å². The number of halogens is 3. The summed E-state index contributed by atoms with van der Waals surface area (Å²) in [7, 11) is 0. The standard InChI is InChI=1S/C23H23F3N2O3/c1-2-31-22(30)28-9-7-14(8-10-28)20-19-6-5-18(29)12-15(19)3-4-16-11-17(23(24,25)26)13-27-21(16)20/h5-6,11-13,29H,2-4,7-10H2,1H3. The van der Waals surface area contributed by atoms with Crippen molar-refractivity contribution in [2.24, 2.45) is 0 Å². The number of likely N-dealkylation sites (tertiary alicyclic amines) is 1. The molecule has 1 aliphatic carbocycles. The predicted octanol–water partition coefficient (Wildman–Crippen LogP) is 4.96. The molecule has 1 aliphatic heterocycles. The Morgan fingerprint density at radius 2 is 1.84 bits per heavy atom. The number of carbonyl (C=O) groups is 1. The predicted molar refractivity (Wildman–Crippen MR) is 109 cm³/mol. The first-order valence-corrected chi connectivity index (χ1v) is 10.3. The molecule has 1 aromatic heterocycles. The molecule has 0 spiro atoms. The SMILES string of the molecule is CCOC(=O)N1CCC(=C2c3ccc(O)cc3CCc3cc(C(F)(F)F)cnc32)CC1. The van der Waals surface area contributed by atoms with E-state index in [1.807, 2.05) is 0 Å². The molecule has 1 fully saturated rings. The molecule has 0 bridgehead atoms. The van der Waals surface area contributed by atoms with Crippen LogP contribution in [0.3, 0.4) is 0 Å². The molecule has 2 heterocycles. The lowest BCUT2D eigenvalue weighted by Gasteiger charge is -2.29. The Bertz CT molecular complexity index is 1040. The number of aromatic hydroxyl groups is 1. The van der Waals surface area contributed by atoms with Crippen LogP contribution < -0.4 is 0 Å². The van der Waals surface area contributed by atoms with Gasteiger partial charge in [-0.2, -0.15) is 13.2 Å². The van der Waals surface area contributed by atoms with Gasteiger partial charge in [0.15, 0.2) is 0 Å². The van der Waals surface area contributed by atoms with Crippen molar-refractivity contribution < 1.29 is 27.8 Å². The van der Waals surface area contributed by atoms with Crippen LogP contribution >= 0.6 is 0 Å². The highest BCUT2D eigenvalue weighted by molar-refractivity contribution is 5.85. The molecule has 1 amide bonds. The molecule has 2 aliphatic rings. The number of fused-ring (bicyclic) bond motifs is 2. The highest BCUT2D eigenvalue weighted by Crippen LogP contribution is 2.40. The van der Waals surface area contributed by atoms with Gasteiger partial charge in [-0.3, -0.25) is 4.98 Å². The Morgan fingerprint density at radius 3 is 2.52 bits per heavy atom. The van der Waals surface area contributed by atoms with Gasteiger partial charge in [0.2, 0.25) is 0 Å². The summed E-state index contributed by atoms with van der Waals surface area (Å²) in [6.07, 6.45) is -1.87. The van der Waals surface area contributed by atoms with Crippen molar-refractivity contribution in [3.63, 3.8) is 0 Å². The van der Waals surface area contributed by atoms with Gasteiger partial charge in [0.05, 0.1) is 17.9 Å². The molecule has 1 N–H and O–H groups in total. The molecular weight excluding hydrogens is 409 g/mol. The van der Waals surface area contributed by atoms with E-state index in [9.17, 15) is 23.1 Å². The quantitative estimate of drug-likeness (QED) is 0.692. The van der Waals surface area contributed by atoms with E-state index in [0.29, 0.717) is 56.6 Å². The number of ether oxygens (including phenoxy) is 1. The van der Waals surface area contributed by atoms with Crippen LogP contribution in [0.2, 0.25) is 0 Å². The van der Waals surface area contributed by atoms with Crippen LogP contribution in [0, 0.1) is 0 Å². The van der Waals surface area contributed by atoms with Crippen LogP contribution in [0.4, 0.5) is 18.0 Å². The zero-order valence-corrected chi connectivity index (χ0v) is 17.1. The second kappa shape index (κ2) is 8.24. The van der Waals surface area contributed by atoms with Crippen molar-refractivity contribution in [3.8, 4) is 5.75 Å². The lowest BCUT2D eigenvalue weighted by molar-refractivity contribution is -0.137. The molecule has 2 aromatic rings. The zero-order valence-electron chi connectivity index (χ0n) is 17.1. The number of hydrogen-bond acceptors (Lipinski definition) is 4. The number of aromatic nitrogens is 1. The van der Waals surface area contributed by atoms with Gasteiger partial charge >= 0.3 is 12.3 Å². The number of rotatable bonds is 1. The van der Waals surface area contributed by atoms with Gasteiger partial charge in [-0.1, -0.05) is 11.6 Å². The van der Waals surface area contributed by atoms with E-state index in [2.05, 4.69) is 4.98 Å². The van der Waals surface area contributed by atoms with E-state index < -0.39 is 11.7 Å². The highest BCUT2D eigenvalue weighted by Gasteiger charge is 2.33. The minimum Gasteiger partial charge on any atom is -0.508 e. The number of benzene rings is 1. The molecule has 1 saturated heterocycles. The maximum Gasteiger partial charge on any atom is 0.417 e. The minimum absolute atomic E-state index is 0.120. The number of alkyl halides is 3. The van der Waals surface area contributed by atoms with Crippen molar-refractivity contribution in [1.82, 2.24) is 9.88 Å². The molecule has 0 atom stereocenters. The van der Waals surface area contributed by atoms with Crippen molar-refractivity contribution in [1.29, 1.82) is 0 Å². The summed E-state index contributed by atoms with van der Waals surface area (Å²) >= 11 is 0. The number of hydrogen-bond donors (Lipinski definition) is 1. The van der Waals surface area contributed by atoms with Crippen molar-refractivity contribution in [3.05, 3.63) is 64.0 Å². The molecular formula is C23H23F3N2O3. The van der Waals surface area contributed by atoms with Crippen molar-refractivity contribution in [2.75, 3.05) is 19.7 Å². The smallest absolute Gasteiger partial charge is 0.417 e. The van der Waals surface area contributed by atoms with Gasteiger partial charge in [-0.05, 0) is 67.5 Å². The highest BCUT2D eigenvalue weighted by atomic mass is 19.4. The monoisotopic (exact) mass is 432 g/mol. The summed E-state index contributed by atoms with van der Waals surface area (Å²) in [6.45, 7) is 3.01. The molecule has 0 radical (unpaired) electrons. The number of amides is 1. The molecule has 31 heavy (non-hydrogen) atoms. The summed E-state index contributed by atoms with van der Waals surface area (Å²) in [5.74, 6) is 0.120. The third-order valence-corrected chi connectivity index (χ3v) is 5.80. The summed E-state index contributed by atoms with van der Waals surface area (Å²) in [5, 5.41) is 9.95. The Hall–Kier alpha value is -3.03. The molecule has 0 unspecified atom stereocenters. The Labute approximate surface area is 178 Å². The number of phenolic OH excluding ortho intramolecular Hbond substituents is 1. The fraction of sp³-hybridized carbons (Fsp3) is 0.391. The van der Waals surface area contributed by atoms with Crippen LogP contribution in [0.1, 0.15) is 47.7 Å². The first-order valence-electron chi connectivity index (χ1n) is 10.3. The maximum atomic E-state index is 13.3. The molecule has 8 heteroatoms. The van der Waals surface area contributed by atoms with Gasteiger partial charge < -0.3 is 14.7 Å². The number of carbonyl (C=O) groups excluding carboxylic acids is 1. The Balaban J connectivity index is 1.79. The average molecular weight is 432 g/mol. The van der Waals surface area contributed by atoms with Gasteiger partial charge in [-0.25, -0.2) is 4.79 Å². The Kier molecular flexibility index (Phi) is 5.64. The lowest BCUT2D eigenvalue weighted by atomic mass is 9.88. The number of nitrogens with zero attached hydrogens (tertiary/aromatic N) is 2. The molecule has 1 aromatic carbocycles. The first-order chi connectivity index (χ1) is 14.8. The van der Waals surface area contributed by atoms with Gasteiger partial charge in [0.1, 0.15) is 5.75 Å². The minimum atomic E-state index is -4.46. The fourth-order valence-electron chi connectivity index (χ4n) is 4.29. The normalized spacial score (nSPS) is 16.5. The molecule has 164 valence electrons. The van der Waals surface area contributed by atoms with Crippen molar-refractivity contribution in [2.45, 2.75) is 38.8 Å². The van der Waals surface area contributed by atoms with E-state index >= 15 is 0 Å². The number of aryl methyl sites for hydroxylation is 2. The maximum absolute atomic E-state index is 13.3. The van der Waals surface area contributed by atoms with E-state index in [4.69, 9.17) is 4.74 Å². The zero-order chi connectivity index (χ0) is 22.2. The fourth-order valence-corrected chi connectivity index (χ4v) is 4.29. The number of phenols is 1. The second-order valence-corrected chi connectivity index (χ2v) is 7.74. The van der Waals surface area contributed by atoms with Gasteiger partial charge in [-0.15, -0.1) is 0 Å². The number of pyridine rings is 1. The first kappa shape index (κ1) is 21.2. The molecule has 5 nitrogen and oxygen atoms in total. The topological polar surface area (TPSA) is 62.7 Å². The largest absolute Gasteiger partial charge is 0.508 e. The van der Waals surface area contributed by atoms with Gasteiger partial charge in [0, 0.05) is 24.9 Å². The summed E-state index contributed by atoms with van der Waals surface area (Å²) in [5.41, 5.74) is 3.95. The molecule has 0 saturated carbocycles. The summed E-state index contributed by atoms with van der Waals surface area (Å²) in [4.78, 5) is 17.9. The van der Waals surface area contributed by atoms with Crippen LogP contribution in [-0.4, -0.2) is 40.8 Å². The van der Waals surface area contributed by atoms with E-state index in [1.54, 1.807) is 30.0 Å². The average Bonchev–Trinajstić information content (AvgIpc) is 2.89. The lowest BCUT2D eigenvalue weighted by Crippen LogP contribution is -2.37.